The Balaban J connectivity index is 1.81. The Labute approximate surface area is 130 Å². The first-order valence-corrected chi connectivity index (χ1v) is 9.92. The van der Waals surface area contributed by atoms with Crippen molar-refractivity contribution < 1.29 is 8.42 Å². The SMILES string of the molecule is Cc1csc(CN)c1S(=O)(=O)NC1CCN2CCCCC12. The van der Waals surface area contributed by atoms with Crippen molar-refractivity contribution in [2.45, 2.75) is 56.1 Å². The number of nitrogens with zero attached hydrogens (tertiary/aromatic N) is 1. The maximum Gasteiger partial charge on any atom is 0.242 e. The largest absolute Gasteiger partial charge is 0.326 e. The molecule has 0 aliphatic carbocycles. The van der Waals surface area contributed by atoms with Crippen molar-refractivity contribution in [2.24, 2.45) is 5.73 Å². The van der Waals surface area contributed by atoms with Crippen molar-refractivity contribution in [1.29, 1.82) is 0 Å². The predicted molar refractivity (Wildman–Crippen MR) is 84.9 cm³/mol. The lowest BCUT2D eigenvalue weighted by Gasteiger charge is -2.32. The number of piperidine rings is 1. The normalized spacial score (nSPS) is 27.0. The summed E-state index contributed by atoms with van der Waals surface area (Å²) < 4.78 is 28.4. The topological polar surface area (TPSA) is 75.4 Å². The van der Waals surface area contributed by atoms with Crippen molar-refractivity contribution in [3.8, 4) is 0 Å². The number of fused-ring (bicyclic) bond motifs is 1. The highest BCUT2D eigenvalue weighted by atomic mass is 32.2. The average Bonchev–Trinajstić information content (AvgIpc) is 3.03. The van der Waals surface area contributed by atoms with Crippen LogP contribution in [0, 0.1) is 6.92 Å². The van der Waals surface area contributed by atoms with Gasteiger partial charge >= 0.3 is 0 Å². The molecule has 2 fully saturated rings. The van der Waals surface area contributed by atoms with E-state index in [-0.39, 0.29) is 12.6 Å². The average molecular weight is 329 g/mol. The summed E-state index contributed by atoms with van der Waals surface area (Å²) in [6, 6.07) is 0.411. The fraction of sp³-hybridized carbons (Fsp3) is 0.714. The summed E-state index contributed by atoms with van der Waals surface area (Å²) in [5.41, 5.74) is 6.48. The minimum absolute atomic E-state index is 0.0419. The van der Waals surface area contributed by atoms with E-state index in [1.165, 1.54) is 24.2 Å². The Morgan fingerprint density at radius 1 is 1.38 bits per heavy atom. The van der Waals surface area contributed by atoms with Gasteiger partial charge in [0.15, 0.2) is 0 Å². The molecule has 118 valence electrons. The molecule has 2 aliphatic rings. The van der Waals surface area contributed by atoms with Gasteiger partial charge in [0.2, 0.25) is 10.0 Å². The molecule has 0 amide bonds. The number of rotatable bonds is 4. The second kappa shape index (κ2) is 5.96. The summed E-state index contributed by atoms with van der Waals surface area (Å²) in [4.78, 5) is 3.59. The highest BCUT2D eigenvalue weighted by Crippen LogP contribution is 2.30. The number of nitrogens with two attached hydrogens (primary N) is 1. The first-order chi connectivity index (χ1) is 10.0. The number of nitrogens with one attached hydrogen (secondary N) is 1. The zero-order valence-electron chi connectivity index (χ0n) is 12.3. The van der Waals surface area contributed by atoms with Crippen LogP contribution in [0.3, 0.4) is 0 Å². The zero-order chi connectivity index (χ0) is 15.0. The van der Waals surface area contributed by atoms with Crippen LogP contribution in [0.1, 0.15) is 36.1 Å². The van der Waals surface area contributed by atoms with Crippen molar-refractivity contribution in [3.05, 3.63) is 15.8 Å². The quantitative estimate of drug-likeness (QED) is 0.876. The van der Waals surface area contributed by atoms with Gasteiger partial charge in [-0.05, 0) is 43.7 Å². The van der Waals surface area contributed by atoms with Gasteiger partial charge in [0.05, 0.1) is 0 Å². The van der Waals surface area contributed by atoms with Crippen molar-refractivity contribution in [3.63, 3.8) is 0 Å². The van der Waals surface area contributed by atoms with Gasteiger partial charge in [-0.25, -0.2) is 13.1 Å². The lowest BCUT2D eigenvalue weighted by molar-refractivity contribution is 0.186. The molecule has 0 radical (unpaired) electrons. The van der Waals surface area contributed by atoms with E-state index in [4.69, 9.17) is 5.73 Å². The Kier molecular flexibility index (Phi) is 4.38. The summed E-state index contributed by atoms with van der Waals surface area (Å²) in [6.45, 7) is 4.22. The van der Waals surface area contributed by atoms with Gasteiger partial charge in [0, 0.05) is 30.1 Å². The van der Waals surface area contributed by atoms with E-state index in [1.807, 2.05) is 12.3 Å². The fourth-order valence-corrected chi connectivity index (χ4v) is 6.64. The summed E-state index contributed by atoms with van der Waals surface area (Å²) in [5.74, 6) is 0. The van der Waals surface area contributed by atoms with Gasteiger partial charge in [-0.3, -0.25) is 4.90 Å². The third-order valence-corrected chi connectivity index (χ3v) is 7.58. The summed E-state index contributed by atoms with van der Waals surface area (Å²) in [6.07, 6.45) is 4.44. The van der Waals surface area contributed by atoms with E-state index in [0.717, 1.165) is 36.4 Å². The second-order valence-corrected chi connectivity index (χ2v) is 8.61. The molecular weight excluding hydrogens is 306 g/mol. The molecule has 3 N–H and O–H groups in total. The van der Waals surface area contributed by atoms with Crippen LogP contribution >= 0.6 is 11.3 Å². The predicted octanol–water partition coefficient (Wildman–Crippen LogP) is 1.42. The molecule has 7 heteroatoms. The van der Waals surface area contributed by atoms with Crippen LogP contribution < -0.4 is 10.5 Å². The number of aryl methyl sites for hydroxylation is 1. The smallest absolute Gasteiger partial charge is 0.242 e. The molecule has 3 heterocycles. The van der Waals surface area contributed by atoms with E-state index in [9.17, 15) is 8.42 Å². The van der Waals surface area contributed by atoms with Gasteiger partial charge in [0.25, 0.3) is 0 Å². The molecule has 1 aromatic heterocycles. The molecule has 2 aliphatic heterocycles. The Hall–Kier alpha value is -0.470. The lowest BCUT2D eigenvalue weighted by atomic mass is 10.00. The molecule has 21 heavy (non-hydrogen) atoms. The van der Waals surface area contributed by atoms with Crippen LogP contribution in [-0.4, -0.2) is 38.5 Å². The van der Waals surface area contributed by atoms with E-state index < -0.39 is 10.0 Å². The zero-order valence-corrected chi connectivity index (χ0v) is 14.0. The van der Waals surface area contributed by atoms with Crippen LogP contribution in [0.4, 0.5) is 0 Å². The Morgan fingerprint density at radius 3 is 2.95 bits per heavy atom. The molecule has 2 unspecified atom stereocenters. The van der Waals surface area contributed by atoms with E-state index in [0.29, 0.717) is 10.9 Å². The standard InChI is InChI=1S/C14H23N3O2S2/c1-10-9-20-13(8-15)14(10)21(18,19)16-11-5-7-17-6-3-2-4-12(11)17/h9,11-12,16H,2-8,15H2,1H3. The maximum atomic E-state index is 12.7. The van der Waals surface area contributed by atoms with Gasteiger partial charge in [-0.2, -0.15) is 0 Å². The fourth-order valence-electron chi connectivity index (χ4n) is 3.63. The summed E-state index contributed by atoms with van der Waals surface area (Å²) in [5, 5.41) is 1.87. The highest BCUT2D eigenvalue weighted by molar-refractivity contribution is 7.89. The van der Waals surface area contributed by atoms with Crippen LogP contribution in [0.2, 0.25) is 0 Å². The molecule has 1 aromatic rings. The van der Waals surface area contributed by atoms with Gasteiger partial charge in [0.1, 0.15) is 4.90 Å². The number of thiophene rings is 1. The number of sulfonamides is 1. The van der Waals surface area contributed by atoms with Crippen molar-refractivity contribution >= 4 is 21.4 Å². The lowest BCUT2D eigenvalue weighted by Crippen LogP contribution is -2.46. The van der Waals surface area contributed by atoms with Crippen LogP contribution in [-0.2, 0) is 16.6 Å². The molecule has 0 saturated carbocycles. The maximum absolute atomic E-state index is 12.7. The van der Waals surface area contributed by atoms with Crippen molar-refractivity contribution in [2.75, 3.05) is 13.1 Å². The minimum Gasteiger partial charge on any atom is -0.326 e. The van der Waals surface area contributed by atoms with Gasteiger partial charge < -0.3 is 5.73 Å². The number of hydrogen-bond donors (Lipinski definition) is 2. The molecule has 2 atom stereocenters. The van der Waals surface area contributed by atoms with Gasteiger partial charge in [-0.1, -0.05) is 6.42 Å². The molecule has 2 saturated heterocycles. The van der Waals surface area contributed by atoms with E-state index in [2.05, 4.69) is 9.62 Å². The Bertz CT molecular complexity index is 612. The first kappa shape index (κ1) is 15.4. The molecule has 3 rings (SSSR count). The summed E-state index contributed by atoms with van der Waals surface area (Å²) >= 11 is 1.43. The van der Waals surface area contributed by atoms with E-state index >= 15 is 0 Å². The van der Waals surface area contributed by atoms with Crippen LogP contribution in [0.25, 0.3) is 0 Å². The van der Waals surface area contributed by atoms with Crippen LogP contribution in [0.5, 0.6) is 0 Å². The molecule has 5 nitrogen and oxygen atoms in total. The van der Waals surface area contributed by atoms with Crippen molar-refractivity contribution in [1.82, 2.24) is 9.62 Å². The molecule has 0 aromatic carbocycles. The minimum atomic E-state index is -3.47. The van der Waals surface area contributed by atoms with Crippen LogP contribution in [0.15, 0.2) is 10.3 Å². The highest BCUT2D eigenvalue weighted by Gasteiger charge is 2.38. The van der Waals surface area contributed by atoms with E-state index in [1.54, 1.807) is 0 Å². The first-order valence-electron chi connectivity index (χ1n) is 7.56. The monoisotopic (exact) mass is 329 g/mol. The van der Waals surface area contributed by atoms with Gasteiger partial charge in [-0.15, -0.1) is 11.3 Å². The number of hydrogen-bond acceptors (Lipinski definition) is 5. The molecule has 0 spiro atoms. The molecule has 0 bridgehead atoms. The second-order valence-electron chi connectivity index (χ2n) is 5.99. The third-order valence-electron chi connectivity index (χ3n) is 4.61. The molecular formula is C14H23N3O2S2. The Morgan fingerprint density at radius 2 is 2.19 bits per heavy atom. The third kappa shape index (κ3) is 2.90. The summed E-state index contributed by atoms with van der Waals surface area (Å²) in [7, 11) is -3.47.